The lowest BCUT2D eigenvalue weighted by atomic mass is 9.71. The first kappa shape index (κ1) is 12.8. The van der Waals surface area contributed by atoms with Crippen LogP contribution in [0.2, 0.25) is 0 Å². The van der Waals surface area contributed by atoms with Crippen LogP contribution in [0.5, 0.6) is 0 Å². The molecule has 1 aliphatic carbocycles. The van der Waals surface area contributed by atoms with Crippen LogP contribution in [0.15, 0.2) is 0 Å². The molecule has 0 radical (unpaired) electrons. The summed E-state index contributed by atoms with van der Waals surface area (Å²) < 4.78 is 5.27. The van der Waals surface area contributed by atoms with Gasteiger partial charge in [-0.1, -0.05) is 19.3 Å². The van der Waals surface area contributed by atoms with Crippen LogP contribution >= 0.6 is 0 Å². The van der Waals surface area contributed by atoms with Crippen molar-refractivity contribution in [2.75, 3.05) is 32.8 Å². The third kappa shape index (κ3) is 3.19. The van der Waals surface area contributed by atoms with Crippen LogP contribution < -0.4 is 5.73 Å². The fourth-order valence-corrected chi connectivity index (χ4v) is 3.00. The fourth-order valence-electron chi connectivity index (χ4n) is 3.00. The van der Waals surface area contributed by atoms with Gasteiger partial charge < -0.3 is 15.4 Å². The Kier molecular flexibility index (Phi) is 4.40. The van der Waals surface area contributed by atoms with Crippen molar-refractivity contribution >= 4 is 5.91 Å². The van der Waals surface area contributed by atoms with Crippen molar-refractivity contribution in [1.82, 2.24) is 4.90 Å². The van der Waals surface area contributed by atoms with E-state index in [4.69, 9.17) is 10.5 Å². The van der Waals surface area contributed by atoms with Gasteiger partial charge in [0.25, 0.3) is 0 Å². The van der Waals surface area contributed by atoms with Gasteiger partial charge in [0.05, 0.1) is 13.2 Å². The molecule has 1 saturated carbocycles. The number of nitrogens with two attached hydrogens (primary N) is 1. The molecule has 4 heteroatoms. The van der Waals surface area contributed by atoms with Gasteiger partial charge in [-0.3, -0.25) is 4.79 Å². The Bertz CT molecular complexity index is 256. The van der Waals surface area contributed by atoms with Crippen molar-refractivity contribution in [1.29, 1.82) is 0 Å². The molecule has 2 N–H and O–H groups in total. The Labute approximate surface area is 103 Å². The van der Waals surface area contributed by atoms with Crippen molar-refractivity contribution in [2.45, 2.75) is 38.5 Å². The Morgan fingerprint density at radius 3 is 2.41 bits per heavy atom. The summed E-state index contributed by atoms with van der Waals surface area (Å²) in [6, 6.07) is 0. The number of carbonyl (C=O) groups is 1. The first-order valence-corrected chi connectivity index (χ1v) is 6.81. The maximum absolute atomic E-state index is 12.2. The Balaban J connectivity index is 1.90. The zero-order valence-electron chi connectivity index (χ0n) is 10.6. The summed E-state index contributed by atoms with van der Waals surface area (Å²) in [6.07, 6.45) is 6.65. The summed E-state index contributed by atoms with van der Waals surface area (Å²) in [4.78, 5) is 14.2. The molecule has 0 unspecified atom stereocenters. The Morgan fingerprint density at radius 1 is 1.18 bits per heavy atom. The summed E-state index contributed by atoms with van der Waals surface area (Å²) in [5, 5.41) is 0. The predicted molar refractivity (Wildman–Crippen MR) is 66.6 cm³/mol. The lowest BCUT2D eigenvalue weighted by molar-refractivity contribution is -0.138. The van der Waals surface area contributed by atoms with Crippen LogP contribution in [0.4, 0.5) is 0 Å². The van der Waals surface area contributed by atoms with E-state index in [0.29, 0.717) is 26.2 Å². The summed E-state index contributed by atoms with van der Waals surface area (Å²) in [7, 11) is 0. The first-order chi connectivity index (χ1) is 8.26. The van der Waals surface area contributed by atoms with Crippen LogP contribution in [-0.2, 0) is 9.53 Å². The van der Waals surface area contributed by atoms with Gasteiger partial charge >= 0.3 is 0 Å². The summed E-state index contributed by atoms with van der Waals surface area (Å²) in [5.41, 5.74) is 6.01. The quantitative estimate of drug-likeness (QED) is 0.805. The molecular weight excluding hydrogens is 216 g/mol. The van der Waals surface area contributed by atoms with E-state index in [-0.39, 0.29) is 11.3 Å². The van der Waals surface area contributed by atoms with Crippen LogP contribution in [0.1, 0.15) is 38.5 Å². The third-order valence-electron chi connectivity index (χ3n) is 4.24. The minimum absolute atomic E-state index is 0.0909. The first-order valence-electron chi connectivity index (χ1n) is 6.81. The molecule has 1 saturated heterocycles. The second-order valence-electron chi connectivity index (χ2n) is 5.43. The van der Waals surface area contributed by atoms with E-state index < -0.39 is 0 Å². The molecule has 1 aliphatic heterocycles. The van der Waals surface area contributed by atoms with E-state index in [2.05, 4.69) is 0 Å². The summed E-state index contributed by atoms with van der Waals surface area (Å²) >= 11 is 0. The predicted octanol–water partition coefficient (Wildman–Crippen LogP) is 1.14. The normalized spacial score (nSPS) is 24.6. The van der Waals surface area contributed by atoms with Gasteiger partial charge in [-0.15, -0.1) is 0 Å². The van der Waals surface area contributed by atoms with Gasteiger partial charge in [-0.05, 0) is 24.8 Å². The molecule has 17 heavy (non-hydrogen) atoms. The second kappa shape index (κ2) is 5.83. The van der Waals surface area contributed by atoms with Crippen LogP contribution in [0, 0.1) is 5.41 Å². The molecule has 0 aromatic rings. The molecule has 0 atom stereocenters. The Morgan fingerprint density at radius 2 is 1.82 bits per heavy atom. The minimum atomic E-state index is 0.0909. The van der Waals surface area contributed by atoms with Crippen LogP contribution in [0.25, 0.3) is 0 Å². The van der Waals surface area contributed by atoms with Crippen LogP contribution in [-0.4, -0.2) is 43.7 Å². The molecule has 2 fully saturated rings. The van der Waals surface area contributed by atoms with Crippen molar-refractivity contribution in [3.05, 3.63) is 0 Å². The fraction of sp³-hybridized carbons (Fsp3) is 0.923. The van der Waals surface area contributed by atoms with Crippen molar-refractivity contribution in [3.63, 3.8) is 0 Å². The van der Waals surface area contributed by atoms with Gasteiger partial charge in [0.15, 0.2) is 0 Å². The highest BCUT2D eigenvalue weighted by Crippen LogP contribution is 2.38. The number of hydrogen-bond acceptors (Lipinski definition) is 3. The van der Waals surface area contributed by atoms with Crippen molar-refractivity contribution in [3.8, 4) is 0 Å². The molecule has 0 aromatic heterocycles. The van der Waals surface area contributed by atoms with Gasteiger partial charge in [-0.25, -0.2) is 0 Å². The molecule has 0 bridgehead atoms. The number of nitrogens with zero attached hydrogens (tertiary/aromatic N) is 1. The smallest absolute Gasteiger partial charge is 0.223 e. The van der Waals surface area contributed by atoms with Gasteiger partial charge in [0.1, 0.15) is 0 Å². The zero-order chi connectivity index (χ0) is 12.1. The van der Waals surface area contributed by atoms with E-state index in [0.717, 1.165) is 25.9 Å². The highest BCUT2D eigenvalue weighted by atomic mass is 16.5. The number of rotatable bonds is 3. The molecule has 2 aliphatic rings. The summed E-state index contributed by atoms with van der Waals surface area (Å²) in [5.74, 6) is 0.278. The standard InChI is InChI=1S/C13H24N2O2/c14-11-13(4-2-1-3-5-13)10-12(16)15-6-8-17-9-7-15/h1-11,14H2. The largest absolute Gasteiger partial charge is 0.378 e. The number of ether oxygens (including phenoxy) is 1. The average molecular weight is 240 g/mol. The Hall–Kier alpha value is -0.610. The third-order valence-corrected chi connectivity index (χ3v) is 4.24. The lowest BCUT2D eigenvalue weighted by Gasteiger charge is -2.38. The molecule has 0 spiro atoms. The number of hydrogen-bond donors (Lipinski definition) is 1. The molecule has 98 valence electrons. The molecule has 1 amide bonds. The molecule has 2 rings (SSSR count). The highest BCUT2D eigenvalue weighted by Gasteiger charge is 2.34. The van der Waals surface area contributed by atoms with E-state index in [9.17, 15) is 4.79 Å². The van der Waals surface area contributed by atoms with Gasteiger partial charge in [0, 0.05) is 19.5 Å². The zero-order valence-corrected chi connectivity index (χ0v) is 10.6. The number of carbonyl (C=O) groups excluding carboxylic acids is 1. The SMILES string of the molecule is NCC1(CC(=O)N2CCOCC2)CCCCC1. The molecule has 4 nitrogen and oxygen atoms in total. The van der Waals surface area contributed by atoms with Gasteiger partial charge in [-0.2, -0.15) is 0 Å². The summed E-state index contributed by atoms with van der Waals surface area (Å²) in [6.45, 7) is 3.52. The highest BCUT2D eigenvalue weighted by molar-refractivity contribution is 5.77. The monoisotopic (exact) mass is 240 g/mol. The van der Waals surface area contributed by atoms with Crippen LogP contribution in [0.3, 0.4) is 0 Å². The second-order valence-corrected chi connectivity index (χ2v) is 5.43. The van der Waals surface area contributed by atoms with Crippen molar-refractivity contribution < 1.29 is 9.53 Å². The van der Waals surface area contributed by atoms with E-state index >= 15 is 0 Å². The lowest BCUT2D eigenvalue weighted by Crippen LogP contribution is -2.45. The minimum Gasteiger partial charge on any atom is -0.378 e. The van der Waals surface area contributed by atoms with E-state index in [1.165, 1.54) is 19.3 Å². The molecular formula is C13H24N2O2. The number of amides is 1. The maximum atomic E-state index is 12.2. The maximum Gasteiger partial charge on any atom is 0.223 e. The number of morpholine rings is 1. The van der Waals surface area contributed by atoms with Crippen molar-refractivity contribution in [2.24, 2.45) is 11.1 Å². The van der Waals surface area contributed by atoms with E-state index in [1.807, 2.05) is 4.90 Å². The molecule has 1 heterocycles. The average Bonchev–Trinajstić information content (AvgIpc) is 2.41. The van der Waals surface area contributed by atoms with E-state index in [1.54, 1.807) is 0 Å². The topological polar surface area (TPSA) is 55.6 Å². The van der Waals surface area contributed by atoms with Gasteiger partial charge in [0.2, 0.25) is 5.91 Å². The molecule has 0 aromatic carbocycles.